The molecule has 2 N–H and O–H groups in total. The van der Waals surface area contributed by atoms with Crippen molar-refractivity contribution >= 4 is 15.9 Å². The Labute approximate surface area is 120 Å². The molecule has 0 radical (unpaired) electrons. The molecule has 116 valence electrons. The number of carbonyl (C=O) groups excluding carboxylic acids is 1. The Kier molecular flexibility index (Phi) is 5.36. The van der Waals surface area contributed by atoms with Crippen LogP contribution in [-0.4, -0.2) is 75.3 Å². The van der Waals surface area contributed by atoms with Crippen LogP contribution in [0.2, 0.25) is 0 Å². The lowest BCUT2D eigenvalue weighted by atomic mass is 10.1. The summed E-state index contributed by atoms with van der Waals surface area (Å²) in [5.41, 5.74) is 0. The topological polar surface area (TPSA) is 92.9 Å². The van der Waals surface area contributed by atoms with Gasteiger partial charge in [0.1, 0.15) is 6.10 Å². The van der Waals surface area contributed by atoms with Crippen molar-refractivity contribution in [2.75, 3.05) is 45.1 Å². The fourth-order valence-electron chi connectivity index (χ4n) is 2.59. The molecule has 2 rings (SSSR count). The first-order chi connectivity index (χ1) is 9.46. The van der Waals surface area contributed by atoms with Crippen molar-refractivity contribution in [1.29, 1.82) is 0 Å². The summed E-state index contributed by atoms with van der Waals surface area (Å²) in [5, 5.41) is 4.99. The van der Waals surface area contributed by atoms with E-state index in [0.717, 1.165) is 19.3 Å². The highest BCUT2D eigenvalue weighted by Gasteiger charge is 2.29. The number of rotatable bonds is 4. The number of primary sulfonamides is 1. The third-order valence-corrected chi connectivity index (χ3v) is 4.58. The van der Waals surface area contributed by atoms with E-state index in [0.29, 0.717) is 39.3 Å². The SMILES string of the molecule is NS(=O)(=O)CCN1CCN(C(=O)C2CCCCO2)CC1. The molecule has 8 heteroatoms. The number of nitrogens with two attached hydrogens (primary N) is 1. The summed E-state index contributed by atoms with van der Waals surface area (Å²) in [6, 6.07) is 0. The molecule has 2 fully saturated rings. The standard InChI is InChI=1S/C12H23N3O4S/c13-20(17,18)10-8-14-4-6-15(7-5-14)12(16)11-3-1-2-9-19-11/h11H,1-10H2,(H2,13,17,18). The molecule has 0 aliphatic carbocycles. The fourth-order valence-corrected chi connectivity index (χ4v) is 3.10. The number of nitrogens with zero attached hydrogens (tertiary/aromatic N) is 2. The maximum atomic E-state index is 12.2. The molecule has 0 aromatic rings. The summed E-state index contributed by atoms with van der Waals surface area (Å²) in [4.78, 5) is 16.1. The molecule has 1 atom stereocenters. The summed E-state index contributed by atoms with van der Waals surface area (Å²) < 4.78 is 27.4. The number of sulfonamides is 1. The summed E-state index contributed by atoms with van der Waals surface area (Å²) in [5.74, 6) is 0.0444. The highest BCUT2D eigenvalue weighted by Crippen LogP contribution is 2.16. The highest BCUT2D eigenvalue weighted by molar-refractivity contribution is 7.89. The Bertz CT molecular complexity index is 426. The highest BCUT2D eigenvalue weighted by atomic mass is 32.2. The first-order valence-corrected chi connectivity index (χ1v) is 8.80. The zero-order valence-electron chi connectivity index (χ0n) is 11.7. The first kappa shape index (κ1) is 15.7. The molecular weight excluding hydrogens is 282 g/mol. The predicted molar refractivity (Wildman–Crippen MR) is 74.6 cm³/mol. The Morgan fingerprint density at radius 1 is 1.20 bits per heavy atom. The zero-order valence-corrected chi connectivity index (χ0v) is 12.5. The molecule has 1 unspecified atom stereocenters. The minimum Gasteiger partial charge on any atom is -0.368 e. The molecule has 0 aromatic carbocycles. The van der Waals surface area contributed by atoms with Crippen LogP contribution in [0.3, 0.4) is 0 Å². The first-order valence-electron chi connectivity index (χ1n) is 7.09. The van der Waals surface area contributed by atoms with E-state index in [4.69, 9.17) is 9.88 Å². The second kappa shape index (κ2) is 6.84. The number of carbonyl (C=O) groups is 1. The molecule has 2 saturated heterocycles. The number of hydrogen-bond donors (Lipinski definition) is 1. The van der Waals surface area contributed by atoms with Gasteiger partial charge in [0, 0.05) is 39.3 Å². The molecule has 20 heavy (non-hydrogen) atoms. The third-order valence-electron chi connectivity index (χ3n) is 3.83. The van der Waals surface area contributed by atoms with Crippen LogP contribution in [0.15, 0.2) is 0 Å². The van der Waals surface area contributed by atoms with Gasteiger partial charge in [-0.3, -0.25) is 9.69 Å². The van der Waals surface area contributed by atoms with Crippen LogP contribution in [0.1, 0.15) is 19.3 Å². The van der Waals surface area contributed by atoms with E-state index in [9.17, 15) is 13.2 Å². The van der Waals surface area contributed by atoms with E-state index < -0.39 is 10.0 Å². The van der Waals surface area contributed by atoms with Crippen molar-refractivity contribution in [2.24, 2.45) is 5.14 Å². The van der Waals surface area contributed by atoms with Gasteiger partial charge in [0.15, 0.2) is 0 Å². The van der Waals surface area contributed by atoms with Crippen LogP contribution < -0.4 is 5.14 Å². The van der Waals surface area contributed by atoms with Crippen LogP contribution in [-0.2, 0) is 19.6 Å². The van der Waals surface area contributed by atoms with Gasteiger partial charge in [-0.05, 0) is 19.3 Å². The third kappa shape index (κ3) is 4.69. The second-order valence-corrected chi connectivity index (χ2v) is 7.12. The molecule has 0 saturated carbocycles. The quantitative estimate of drug-likeness (QED) is 0.718. The monoisotopic (exact) mass is 305 g/mol. The molecular formula is C12H23N3O4S. The maximum absolute atomic E-state index is 12.2. The van der Waals surface area contributed by atoms with E-state index in [2.05, 4.69) is 0 Å². The van der Waals surface area contributed by atoms with Gasteiger partial charge in [-0.25, -0.2) is 13.6 Å². The van der Waals surface area contributed by atoms with E-state index in [1.807, 2.05) is 9.80 Å². The Morgan fingerprint density at radius 2 is 1.90 bits per heavy atom. The average molecular weight is 305 g/mol. The zero-order chi connectivity index (χ0) is 14.6. The second-order valence-electron chi connectivity index (χ2n) is 5.39. The van der Waals surface area contributed by atoms with Gasteiger partial charge in [0.25, 0.3) is 5.91 Å². The predicted octanol–water partition coefficient (Wildman–Crippen LogP) is -1.01. The average Bonchev–Trinajstić information content (AvgIpc) is 2.45. The lowest BCUT2D eigenvalue weighted by Crippen LogP contribution is -2.53. The van der Waals surface area contributed by atoms with Gasteiger partial charge in [0.2, 0.25) is 10.0 Å². The van der Waals surface area contributed by atoms with Crippen LogP contribution >= 0.6 is 0 Å². The van der Waals surface area contributed by atoms with Gasteiger partial charge < -0.3 is 9.64 Å². The largest absolute Gasteiger partial charge is 0.368 e. The van der Waals surface area contributed by atoms with E-state index in [-0.39, 0.29) is 17.8 Å². The number of piperazine rings is 1. The summed E-state index contributed by atoms with van der Waals surface area (Å²) in [6.07, 6.45) is 2.61. The van der Waals surface area contributed by atoms with Crippen molar-refractivity contribution in [2.45, 2.75) is 25.4 Å². The molecule has 2 heterocycles. The van der Waals surface area contributed by atoms with Crippen LogP contribution in [0.5, 0.6) is 0 Å². The number of ether oxygens (including phenoxy) is 1. The van der Waals surface area contributed by atoms with Crippen molar-refractivity contribution in [1.82, 2.24) is 9.80 Å². The molecule has 2 aliphatic heterocycles. The van der Waals surface area contributed by atoms with Crippen LogP contribution in [0.4, 0.5) is 0 Å². The summed E-state index contributed by atoms with van der Waals surface area (Å²) >= 11 is 0. The minimum absolute atomic E-state index is 0.0350. The van der Waals surface area contributed by atoms with Crippen molar-refractivity contribution in [3.8, 4) is 0 Å². The van der Waals surface area contributed by atoms with Gasteiger partial charge in [-0.15, -0.1) is 0 Å². The normalized spacial score (nSPS) is 25.6. The Balaban J connectivity index is 1.74. The van der Waals surface area contributed by atoms with Crippen molar-refractivity contribution < 1.29 is 17.9 Å². The molecule has 0 bridgehead atoms. The van der Waals surface area contributed by atoms with Crippen molar-refractivity contribution in [3.63, 3.8) is 0 Å². The fraction of sp³-hybridized carbons (Fsp3) is 0.917. The molecule has 1 amide bonds. The molecule has 0 spiro atoms. The van der Waals surface area contributed by atoms with Gasteiger partial charge >= 0.3 is 0 Å². The lowest BCUT2D eigenvalue weighted by Gasteiger charge is -2.36. The number of hydrogen-bond acceptors (Lipinski definition) is 5. The maximum Gasteiger partial charge on any atom is 0.251 e. The van der Waals surface area contributed by atoms with E-state index in [1.54, 1.807) is 0 Å². The molecule has 0 aromatic heterocycles. The van der Waals surface area contributed by atoms with Crippen LogP contribution in [0.25, 0.3) is 0 Å². The summed E-state index contributed by atoms with van der Waals surface area (Å²) in [7, 11) is -3.41. The smallest absolute Gasteiger partial charge is 0.251 e. The van der Waals surface area contributed by atoms with Crippen LogP contribution in [0, 0.1) is 0 Å². The van der Waals surface area contributed by atoms with E-state index in [1.165, 1.54) is 0 Å². The molecule has 7 nitrogen and oxygen atoms in total. The van der Waals surface area contributed by atoms with Gasteiger partial charge in [0.05, 0.1) is 5.75 Å². The van der Waals surface area contributed by atoms with Gasteiger partial charge in [-0.1, -0.05) is 0 Å². The minimum atomic E-state index is -3.41. The molecule has 2 aliphatic rings. The lowest BCUT2D eigenvalue weighted by molar-refractivity contribution is -0.148. The van der Waals surface area contributed by atoms with Crippen molar-refractivity contribution in [3.05, 3.63) is 0 Å². The number of amides is 1. The Morgan fingerprint density at radius 3 is 2.45 bits per heavy atom. The van der Waals surface area contributed by atoms with Gasteiger partial charge in [-0.2, -0.15) is 0 Å². The van der Waals surface area contributed by atoms with E-state index >= 15 is 0 Å². The summed E-state index contributed by atoms with van der Waals surface area (Å²) in [6.45, 7) is 3.74. The Hall–Kier alpha value is -0.700.